The highest BCUT2D eigenvalue weighted by Crippen LogP contribution is 2.67. The molecule has 2 N–H and O–H groups in total. The monoisotopic (exact) mass is 614 g/mol. The molecule has 0 saturated heterocycles. The minimum atomic E-state index is -0.348. The van der Waals surface area contributed by atoms with E-state index in [9.17, 15) is 9.59 Å². The number of alkyl carbamates (subject to hydrolysis) is 1. The van der Waals surface area contributed by atoms with Crippen molar-refractivity contribution in [3.8, 4) is 0 Å². The van der Waals surface area contributed by atoms with Gasteiger partial charge in [0.25, 0.3) is 0 Å². The van der Waals surface area contributed by atoms with Gasteiger partial charge in [-0.2, -0.15) is 0 Å². The van der Waals surface area contributed by atoms with Crippen molar-refractivity contribution in [3.05, 3.63) is 24.3 Å². The van der Waals surface area contributed by atoms with Crippen LogP contribution in [0, 0.1) is 46.3 Å². The van der Waals surface area contributed by atoms with Gasteiger partial charge in [0.2, 0.25) is 5.91 Å². The minimum absolute atomic E-state index is 0.0434. The van der Waals surface area contributed by atoms with Crippen LogP contribution >= 0.6 is 0 Å². The van der Waals surface area contributed by atoms with Crippen LogP contribution in [0.5, 0.6) is 0 Å². The van der Waals surface area contributed by atoms with E-state index in [4.69, 9.17) is 14.2 Å². The molecule has 7 nitrogen and oxygen atoms in total. The average molecular weight is 615 g/mol. The lowest BCUT2D eigenvalue weighted by Gasteiger charge is -2.58. The third kappa shape index (κ3) is 8.48. The number of allylic oxidation sites excluding steroid dienone is 1. The quantitative estimate of drug-likeness (QED) is 0.107. The standard InChI is InChI=1S/C37H62N2O5/c1-7-34(40)38-19-21-42-23-24-43-22-20-39-35(41)44-29-15-17-36(5)28(25-29)11-12-30-32-14-13-31(27(4)10-8-9-26(2)3)37(32,6)18-16-33(30)36/h7,11,26-27,29-33H,1,8-10,12-25H2,2-6H3,(H,38,40)(H,39,41)/t27-,29+,30+,31-,32+,33+,36+,37-/m1/s1. The molecule has 4 aliphatic rings. The summed E-state index contributed by atoms with van der Waals surface area (Å²) in [6.07, 6.45) is 17.4. The Bertz CT molecular complexity index is 996. The van der Waals surface area contributed by atoms with Gasteiger partial charge < -0.3 is 24.8 Å². The van der Waals surface area contributed by atoms with E-state index in [2.05, 4.69) is 57.9 Å². The molecule has 8 atom stereocenters. The summed E-state index contributed by atoms with van der Waals surface area (Å²) in [6.45, 7) is 18.4. The van der Waals surface area contributed by atoms with E-state index < -0.39 is 0 Å². The van der Waals surface area contributed by atoms with Crippen LogP contribution in [0.2, 0.25) is 0 Å². The van der Waals surface area contributed by atoms with Gasteiger partial charge in [-0.25, -0.2) is 4.79 Å². The van der Waals surface area contributed by atoms with Crippen molar-refractivity contribution in [1.29, 1.82) is 0 Å². The number of hydrogen-bond acceptors (Lipinski definition) is 5. The number of fused-ring (bicyclic) bond motifs is 5. The van der Waals surface area contributed by atoms with Crippen molar-refractivity contribution in [3.63, 3.8) is 0 Å². The van der Waals surface area contributed by atoms with Crippen LogP contribution in [-0.4, -0.2) is 57.6 Å². The molecule has 3 saturated carbocycles. The Morgan fingerprint density at radius 3 is 2.39 bits per heavy atom. The van der Waals surface area contributed by atoms with E-state index in [0.29, 0.717) is 44.9 Å². The maximum Gasteiger partial charge on any atom is 0.407 e. The predicted octanol–water partition coefficient (Wildman–Crippen LogP) is 7.46. The van der Waals surface area contributed by atoms with Gasteiger partial charge in [-0.15, -0.1) is 0 Å². The molecular formula is C37H62N2O5. The lowest BCUT2D eigenvalue weighted by Crippen LogP contribution is -2.51. The number of hydrogen-bond donors (Lipinski definition) is 2. The van der Waals surface area contributed by atoms with Crippen LogP contribution in [0.4, 0.5) is 4.79 Å². The van der Waals surface area contributed by atoms with Crippen molar-refractivity contribution in [2.24, 2.45) is 46.3 Å². The lowest BCUT2D eigenvalue weighted by molar-refractivity contribution is -0.116. The molecular weight excluding hydrogens is 552 g/mol. The molecule has 0 aromatic heterocycles. The predicted molar refractivity (Wildman–Crippen MR) is 176 cm³/mol. The fourth-order valence-corrected chi connectivity index (χ4v) is 9.81. The molecule has 0 bridgehead atoms. The topological polar surface area (TPSA) is 85.9 Å². The third-order valence-electron chi connectivity index (χ3n) is 12.2. The summed E-state index contributed by atoms with van der Waals surface area (Å²) in [5.41, 5.74) is 2.32. The van der Waals surface area contributed by atoms with Crippen LogP contribution in [0.3, 0.4) is 0 Å². The smallest absolute Gasteiger partial charge is 0.407 e. The molecule has 2 amide bonds. The fourth-order valence-electron chi connectivity index (χ4n) is 9.81. The normalized spacial score (nSPS) is 33.4. The molecule has 0 heterocycles. The summed E-state index contributed by atoms with van der Waals surface area (Å²) >= 11 is 0. The number of nitrogens with one attached hydrogen (secondary N) is 2. The maximum atomic E-state index is 12.5. The van der Waals surface area contributed by atoms with Gasteiger partial charge in [0.05, 0.1) is 26.4 Å². The van der Waals surface area contributed by atoms with Gasteiger partial charge in [0.15, 0.2) is 0 Å². The first-order valence-corrected chi connectivity index (χ1v) is 17.8. The third-order valence-corrected chi connectivity index (χ3v) is 12.2. The molecule has 0 spiro atoms. The van der Waals surface area contributed by atoms with E-state index in [1.165, 1.54) is 57.4 Å². The van der Waals surface area contributed by atoms with E-state index in [-0.39, 0.29) is 23.5 Å². The average Bonchev–Trinajstić information content (AvgIpc) is 3.35. The first-order chi connectivity index (χ1) is 21.1. The van der Waals surface area contributed by atoms with E-state index in [1.54, 1.807) is 5.57 Å². The molecule has 4 aliphatic carbocycles. The molecule has 0 aromatic carbocycles. The summed E-state index contributed by atoms with van der Waals surface area (Å²) in [5.74, 6) is 4.81. The van der Waals surface area contributed by atoms with Crippen molar-refractivity contribution >= 4 is 12.0 Å². The second-order valence-corrected chi connectivity index (χ2v) is 15.2. The molecule has 4 rings (SSSR count). The Hall–Kier alpha value is -1.86. The highest BCUT2D eigenvalue weighted by molar-refractivity contribution is 5.86. The largest absolute Gasteiger partial charge is 0.446 e. The number of ether oxygens (including phenoxy) is 3. The number of carbonyl (C=O) groups is 2. The molecule has 0 unspecified atom stereocenters. The summed E-state index contributed by atoms with van der Waals surface area (Å²) in [4.78, 5) is 23.6. The first kappa shape index (κ1) is 35.0. The van der Waals surface area contributed by atoms with Crippen LogP contribution < -0.4 is 10.6 Å². The summed E-state index contributed by atoms with van der Waals surface area (Å²) in [6, 6.07) is 0. The highest BCUT2D eigenvalue weighted by atomic mass is 16.6. The van der Waals surface area contributed by atoms with E-state index in [0.717, 1.165) is 54.8 Å². The molecule has 3 fully saturated rings. The first-order valence-electron chi connectivity index (χ1n) is 17.8. The Morgan fingerprint density at radius 1 is 0.955 bits per heavy atom. The second-order valence-electron chi connectivity index (χ2n) is 15.2. The van der Waals surface area contributed by atoms with Crippen LogP contribution in [0.25, 0.3) is 0 Å². The van der Waals surface area contributed by atoms with E-state index >= 15 is 0 Å². The number of amides is 2. The maximum absolute atomic E-state index is 12.5. The summed E-state index contributed by atoms with van der Waals surface area (Å²) in [5, 5.41) is 5.50. The van der Waals surface area contributed by atoms with Crippen molar-refractivity contribution in [2.75, 3.05) is 39.5 Å². The van der Waals surface area contributed by atoms with Gasteiger partial charge in [-0.1, -0.05) is 72.1 Å². The molecule has 44 heavy (non-hydrogen) atoms. The molecule has 0 aliphatic heterocycles. The van der Waals surface area contributed by atoms with Gasteiger partial charge >= 0.3 is 6.09 Å². The van der Waals surface area contributed by atoms with Gasteiger partial charge in [0.1, 0.15) is 6.10 Å². The highest BCUT2D eigenvalue weighted by Gasteiger charge is 2.59. The van der Waals surface area contributed by atoms with Crippen molar-refractivity contribution in [2.45, 2.75) is 111 Å². The summed E-state index contributed by atoms with van der Waals surface area (Å²) in [7, 11) is 0. The molecule has 250 valence electrons. The number of carbonyl (C=O) groups excluding carboxylic acids is 2. The Labute approximate surface area is 267 Å². The van der Waals surface area contributed by atoms with E-state index in [1.807, 2.05) is 0 Å². The summed E-state index contributed by atoms with van der Waals surface area (Å²) < 4.78 is 16.8. The second kappa shape index (κ2) is 16.1. The minimum Gasteiger partial charge on any atom is -0.446 e. The van der Waals surface area contributed by atoms with Crippen molar-refractivity contribution in [1.82, 2.24) is 10.6 Å². The van der Waals surface area contributed by atoms with Gasteiger partial charge in [-0.3, -0.25) is 4.79 Å². The zero-order chi connectivity index (χ0) is 31.7. The molecule has 0 aromatic rings. The Morgan fingerprint density at radius 2 is 1.68 bits per heavy atom. The lowest BCUT2D eigenvalue weighted by atomic mass is 9.47. The Kier molecular flexibility index (Phi) is 12.8. The zero-order valence-electron chi connectivity index (χ0n) is 28.5. The molecule has 7 heteroatoms. The van der Waals surface area contributed by atoms with Crippen molar-refractivity contribution < 1.29 is 23.8 Å². The van der Waals surface area contributed by atoms with Gasteiger partial charge in [-0.05, 0) is 97.4 Å². The molecule has 0 radical (unpaired) electrons. The number of rotatable bonds is 16. The van der Waals surface area contributed by atoms with Gasteiger partial charge in [0, 0.05) is 19.5 Å². The van der Waals surface area contributed by atoms with Crippen LogP contribution in [0.1, 0.15) is 105 Å². The van der Waals surface area contributed by atoms with Crippen LogP contribution in [0.15, 0.2) is 24.3 Å². The fraction of sp³-hybridized carbons (Fsp3) is 0.838. The zero-order valence-corrected chi connectivity index (χ0v) is 28.5. The Balaban J connectivity index is 1.18. The SMILES string of the molecule is C=CC(=O)NCCOCCOCCNC(=O)O[C@H]1CC[C@@]2(C)C(=CC[C@H]3[C@@H]4CC[C@H]([C@H](C)CCCC(C)C)[C@@]4(C)CC[C@@H]32)C1. The van der Waals surface area contributed by atoms with Crippen LogP contribution in [-0.2, 0) is 19.0 Å².